The first-order chi connectivity index (χ1) is 8.29. The molecule has 0 aliphatic heterocycles. The standard InChI is InChI=1S/C13H13FN2O/c1-2-17-12-6-4-3-5-11(12)16-10-7-8-15-13(14)9-10/h3-9H,2H2,1H3,(H,15,16). The number of hydrogen-bond acceptors (Lipinski definition) is 3. The van der Waals surface area contributed by atoms with Crippen molar-refractivity contribution in [3.8, 4) is 5.75 Å². The van der Waals surface area contributed by atoms with Gasteiger partial charge in [-0.15, -0.1) is 0 Å². The molecular weight excluding hydrogens is 219 g/mol. The Labute approximate surface area is 99.3 Å². The van der Waals surface area contributed by atoms with E-state index in [1.807, 2.05) is 31.2 Å². The highest BCUT2D eigenvalue weighted by atomic mass is 19.1. The molecule has 0 atom stereocenters. The van der Waals surface area contributed by atoms with E-state index < -0.39 is 5.95 Å². The van der Waals surface area contributed by atoms with Crippen molar-refractivity contribution in [1.29, 1.82) is 0 Å². The van der Waals surface area contributed by atoms with Gasteiger partial charge < -0.3 is 10.1 Å². The van der Waals surface area contributed by atoms with Crippen LogP contribution in [0.25, 0.3) is 0 Å². The Bertz CT molecular complexity index is 502. The van der Waals surface area contributed by atoms with Crippen LogP contribution in [0.4, 0.5) is 15.8 Å². The summed E-state index contributed by atoms with van der Waals surface area (Å²) in [7, 11) is 0. The van der Waals surface area contributed by atoms with Gasteiger partial charge in [0.25, 0.3) is 0 Å². The topological polar surface area (TPSA) is 34.1 Å². The van der Waals surface area contributed by atoms with Gasteiger partial charge in [0, 0.05) is 18.0 Å². The first-order valence-corrected chi connectivity index (χ1v) is 5.40. The molecule has 17 heavy (non-hydrogen) atoms. The van der Waals surface area contributed by atoms with Crippen LogP contribution >= 0.6 is 0 Å². The Balaban J connectivity index is 2.23. The number of aromatic nitrogens is 1. The molecule has 0 saturated heterocycles. The van der Waals surface area contributed by atoms with Crippen LogP contribution in [0.3, 0.4) is 0 Å². The van der Waals surface area contributed by atoms with Crippen LogP contribution < -0.4 is 10.1 Å². The third-order valence-electron chi connectivity index (χ3n) is 2.19. The number of hydrogen-bond donors (Lipinski definition) is 1. The molecule has 0 spiro atoms. The van der Waals surface area contributed by atoms with Crippen molar-refractivity contribution in [2.45, 2.75) is 6.92 Å². The molecule has 4 heteroatoms. The molecule has 0 amide bonds. The number of anilines is 2. The molecule has 88 valence electrons. The van der Waals surface area contributed by atoms with Gasteiger partial charge in [0.2, 0.25) is 5.95 Å². The van der Waals surface area contributed by atoms with E-state index in [1.54, 1.807) is 6.07 Å². The number of pyridine rings is 1. The number of ether oxygens (including phenoxy) is 1. The van der Waals surface area contributed by atoms with Crippen molar-refractivity contribution in [1.82, 2.24) is 4.98 Å². The van der Waals surface area contributed by atoms with Crippen LogP contribution in [0.5, 0.6) is 5.75 Å². The average molecular weight is 232 g/mol. The number of nitrogens with zero attached hydrogens (tertiary/aromatic N) is 1. The van der Waals surface area contributed by atoms with E-state index in [-0.39, 0.29) is 0 Å². The summed E-state index contributed by atoms with van der Waals surface area (Å²) in [5.74, 6) is 0.233. The summed E-state index contributed by atoms with van der Waals surface area (Å²) in [6.07, 6.45) is 1.42. The van der Waals surface area contributed by atoms with E-state index in [4.69, 9.17) is 4.74 Å². The normalized spacial score (nSPS) is 10.0. The summed E-state index contributed by atoms with van der Waals surface area (Å²) in [6.45, 7) is 2.51. The summed E-state index contributed by atoms with van der Waals surface area (Å²) in [4.78, 5) is 3.50. The molecule has 0 aliphatic rings. The van der Waals surface area contributed by atoms with Gasteiger partial charge in [-0.3, -0.25) is 0 Å². The van der Waals surface area contributed by atoms with Crippen LogP contribution in [0.1, 0.15) is 6.92 Å². The van der Waals surface area contributed by atoms with Crippen LogP contribution in [-0.4, -0.2) is 11.6 Å². The molecule has 0 aliphatic carbocycles. The summed E-state index contributed by atoms with van der Waals surface area (Å²) in [5, 5.41) is 3.09. The number of nitrogens with one attached hydrogen (secondary N) is 1. The van der Waals surface area contributed by atoms with E-state index in [9.17, 15) is 4.39 Å². The highest BCUT2D eigenvalue weighted by molar-refractivity contribution is 5.65. The van der Waals surface area contributed by atoms with Crippen LogP contribution in [0, 0.1) is 5.95 Å². The van der Waals surface area contributed by atoms with Crippen molar-refractivity contribution in [3.05, 3.63) is 48.5 Å². The zero-order valence-corrected chi connectivity index (χ0v) is 9.48. The Kier molecular flexibility index (Phi) is 3.55. The van der Waals surface area contributed by atoms with Crippen molar-refractivity contribution >= 4 is 11.4 Å². The summed E-state index contributed by atoms with van der Waals surface area (Å²) >= 11 is 0. The number of halogens is 1. The van der Waals surface area contributed by atoms with Crippen molar-refractivity contribution in [2.75, 3.05) is 11.9 Å². The maximum atomic E-state index is 12.9. The minimum Gasteiger partial charge on any atom is -0.492 e. The summed E-state index contributed by atoms with van der Waals surface area (Å²) in [5.41, 5.74) is 1.45. The Morgan fingerprint density at radius 1 is 1.29 bits per heavy atom. The van der Waals surface area contributed by atoms with E-state index >= 15 is 0 Å². The van der Waals surface area contributed by atoms with Gasteiger partial charge in [-0.25, -0.2) is 4.98 Å². The molecule has 3 nitrogen and oxygen atoms in total. The minimum atomic E-state index is -0.510. The van der Waals surface area contributed by atoms with E-state index in [0.29, 0.717) is 12.3 Å². The Morgan fingerprint density at radius 3 is 2.88 bits per heavy atom. The molecule has 0 saturated carbocycles. The van der Waals surface area contributed by atoms with Crippen molar-refractivity contribution < 1.29 is 9.13 Å². The third kappa shape index (κ3) is 2.93. The second kappa shape index (κ2) is 5.30. The van der Waals surface area contributed by atoms with Gasteiger partial charge in [-0.05, 0) is 25.1 Å². The van der Waals surface area contributed by atoms with Gasteiger partial charge in [0.05, 0.1) is 12.3 Å². The third-order valence-corrected chi connectivity index (χ3v) is 2.19. The quantitative estimate of drug-likeness (QED) is 0.821. The largest absolute Gasteiger partial charge is 0.492 e. The minimum absolute atomic E-state index is 0.510. The monoisotopic (exact) mass is 232 g/mol. The van der Waals surface area contributed by atoms with Crippen LogP contribution in [0.2, 0.25) is 0 Å². The molecule has 1 N–H and O–H groups in total. The van der Waals surface area contributed by atoms with E-state index in [2.05, 4.69) is 10.3 Å². The maximum Gasteiger partial charge on any atom is 0.214 e. The maximum absolute atomic E-state index is 12.9. The molecule has 0 bridgehead atoms. The van der Waals surface area contributed by atoms with Crippen molar-refractivity contribution in [2.24, 2.45) is 0 Å². The van der Waals surface area contributed by atoms with E-state index in [0.717, 1.165) is 11.4 Å². The van der Waals surface area contributed by atoms with Crippen LogP contribution in [-0.2, 0) is 0 Å². The molecule has 1 aromatic heterocycles. The lowest BCUT2D eigenvalue weighted by Gasteiger charge is -2.11. The summed E-state index contributed by atoms with van der Waals surface area (Å²) < 4.78 is 18.4. The highest BCUT2D eigenvalue weighted by Crippen LogP contribution is 2.27. The van der Waals surface area contributed by atoms with Gasteiger partial charge in [-0.1, -0.05) is 12.1 Å². The Hall–Kier alpha value is -2.10. The number of rotatable bonds is 4. The highest BCUT2D eigenvalue weighted by Gasteiger charge is 2.03. The fourth-order valence-corrected chi connectivity index (χ4v) is 1.49. The predicted octanol–water partition coefficient (Wildman–Crippen LogP) is 3.36. The van der Waals surface area contributed by atoms with Gasteiger partial charge in [-0.2, -0.15) is 4.39 Å². The smallest absolute Gasteiger partial charge is 0.214 e. The zero-order chi connectivity index (χ0) is 12.1. The molecule has 0 fully saturated rings. The second-order valence-corrected chi connectivity index (χ2v) is 3.42. The molecule has 1 aromatic carbocycles. The molecule has 2 rings (SSSR count). The molecule has 0 unspecified atom stereocenters. The number of benzene rings is 1. The Morgan fingerprint density at radius 2 is 2.12 bits per heavy atom. The SMILES string of the molecule is CCOc1ccccc1Nc1ccnc(F)c1. The van der Waals surface area contributed by atoms with Gasteiger partial charge in [0.1, 0.15) is 5.75 Å². The lowest BCUT2D eigenvalue weighted by atomic mass is 10.2. The second-order valence-electron chi connectivity index (χ2n) is 3.42. The fraction of sp³-hybridized carbons (Fsp3) is 0.154. The predicted molar refractivity (Wildman–Crippen MR) is 65.1 cm³/mol. The van der Waals surface area contributed by atoms with E-state index in [1.165, 1.54) is 12.3 Å². The first-order valence-electron chi connectivity index (χ1n) is 5.40. The number of para-hydroxylation sites is 2. The van der Waals surface area contributed by atoms with Crippen molar-refractivity contribution in [3.63, 3.8) is 0 Å². The fourth-order valence-electron chi connectivity index (χ4n) is 1.49. The van der Waals surface area contributed by atoms with Gasteiger partial charge >= 0.3 is 0 Å². The van der Waals surface area contributed by atoms with Gasteiger partial charge in [0.15, 0.2) is 0 Å². The lowest BCUT2D eigenvalue weighted by molar-refractivity contribution is 0.342. The molecule has 2 aromatic rings. The first kappa shape index (κ1) is 11.4. The molecular formula is C13H13FN2O. The molecule has 1 heterocycles. The lowest BCUT2D eigenvalue weighted by Crippen LogP contribution is -1.98. The molecule has 0 radical (unpaired) electrons. The average Bonchev–Trinajstić information content (AvgIpc) is 2.32. The van der Waals surface area contributed by atoms with Crippen LogP contribution in [0.15, 0.2) is 42.6 Å². The zero-order valence-electron chi connectivity index (χ0n) is 9.48. The summed E-state index contributed by atoms with van der Waals surface area (Å²) in [6, 6.07) is 10.6.